The molecule has 0 radical (unpaired) electrons. The standard InChI is InChI=1S/C20H16N8O5S2/c21-14-9-6-22-26-15(9)25-20(24-14)35-10-7-34-18-12(17(30)28(18)13(10)19(31)32)23-16(29)11(27-33)8-4-2-1-3-5-8/h1-6,12,18,33H,7H2,(H,23,29)(H,31,32)(H3,21,22,24,25,26)/b27-11-/t12?,18-/m1/s1. The fourth-order valence-corrected chi connectivity index (χ4v) is 6.12. The van der Waals surface area contributed by atoms with Crippen LogP contribution in [0.3, 0.4) is 0 Å². The van der Waals surface area contributed by atoms with Gasteiger partial charge in [0.15, 0.2) is 16.5 Å². The number of anilines is 1. The van der Waals surface area contributed by atoms with Crippen LogP contribution in [-0.2, 0) is 14.4 Å². The quantitative estimate of drug-likeness (QED) is 0.102. The first-order valence-electron chi connectivity index (χ1n) is 10.0. The Kier molecular flexibility index (Phi) is 5.78. The van der Waals surface area contributed by atoms with Crippen molar-refractivity contribution in [1.29, 1.82) is 0 Å². The molecule has 4 heterocycles. The van der Waals surface area contributed by atoms with Crippen molar-refractivity contribution in [1.82, 2.24) is 30.4 Å². The molecule has 3 aromatic rings. The Balaban J connectivity index is 1.37. The first-order chi connectivity index (χ1) is 16.9. The van der Waals surface area contributed by atoms with Crippen molar-refractivity contribution in [2.24, 2.45) is 5.16 Å². The largest absolute Gasteiger partial charge is 0.477 e. The molecule has 2 atom stereocenters. The number of carbonyl (C=O) groups excluding carboxylic acids is 2. The van der Waals surface area contributed by atoms with E-state index in [-0.39, 0.29) is 28.1 Å². The van der Waals surface area contributed by atoms with E-state index in [0.29, 0.717) is 21.5 Å². The van der Waals surface area contributed by atoms with Gasteiger partial charge in [0.25, 0.3) is 11.8 Å². The van der Waals surface area contributed by atoms with Crippen LogP contribution in [0.25, 0.3) is 11.0 Å². The predicted octanol–water partition coefficient (Wildman–Crippen LogP) is 0.602. The average Bonchev–Trinajstić information content (AvgIpc) is 3.32. The number of thioether (sulfide) groups is 2. The third-order valence-electron chi connectivity index (χ3n) is 5.32. The molecule has 5 rings (SSSR count). The Morgan fingerprint density at radius 3 is 2.77 bits per heavy atom. The van der Waals surface area contributed by atoms with Gasteiger partial charge in [-0.3, -0.25) is 19.6 Å². The van der Waals surface area contributed by atoms with Gasteiger partial charge in [-0.05, 0) is 0 Å². The summed E-state index contributed by atoms with van der Waals surface area (Å²) in [6.45, 7) is 0. The predicted molar refractivity (Wildman–Crippen MR) is 126 cm³/mol. The van der Waals surface area contributed by atoms with Crippen LogP contribution < -0.4 is 11.1 Å². The number of β-lactam (4-membered cyclic amide) rings is 1. The number of hydrogen-bond acceptors (Lipinski definition) is 11. The van der Waals surface area contributed by atoms with Crippen molar-refractivity contribution >= 4 is 63.9 Å². The highest BCUT2D eigenvalue weighted by molar-refractivity contribution is 8.06. The number of carbonyl (C=O) groups is 3. The summed E-state index contributed by atoms with van der Waals surface area (Å²) >= 11 is 2.27. The zero-order chi connectivity index (χ0) is 24.7. The molecule has 15 heteroatoms. The van der Waals surface area contributed by atoms with Crippen molar-refractivity contribution in [3.05, 3.63) is 52.7 Å². The van der Waals surface area contributed by atoms with Gasteiger partial charge in [0.05, 0.1) is 11.6 Å². The molecule has 35 heavy (non-hydrogen) atoms. The number of aromatic amines is 1. The van der Waals surface area contributed by atoms with E-state index < -0.39 is 29.2 Å². The van der Waals surface area contributed by atoms with E-state index in [9.17, 15) is 24.7 Å². The number of carboxylic acids is 1. The minimum absolute atomic E-state index is 0.188. The van der Waals surface area contributed by atoms with Crippen LogP contribution in [0.4, 0.5) is 5.82 Å². The number of rotatable bonds is 6. The minimum atomic E-state index is -1.30. The molecular weight excluding hydrogens is 496 g/mol. The molecule has 2 aromatic heterocycles. The maximum atomic E-state index is 12.9. The summed E-state index contributed by atoms with van der Waals surface area (Å²) in [5.41, 5.74) is 6.24. The summed E-state index contributed by atoms with van der Waals surface area (Å²) in [7, 11) is 0. The van der Waals surface area contributed by atoms with Gasteiger partial charge >= 0.3 is 5.97 Å². The smallest absolute Gasteiger partial charge is 0.353 e. The second-order valence-electron chi connectivity index (χ2n) is 7.38. The molecule has 1 saturated heterocycles. The van der Waals surface area contributed by atoms with Gasteiger partial charge in [0.2, 0.25) is 0 Å². The minimum Gasteiger partial charge on any atom is -0.477 e. The number of carboxylic acid groups (broad SMARTS) is 1. The van der Waals surface area contributed by atoms with Crippen LogP contribution >= 0.6 is 23.5 Å². The fourth-order valence-electron chi connectivity index (χ4n) is 3.70. The zero-order valence-corrected chi connectivity index (χ0v) is 19.2. The van der Waals surface area contributed by atoms with Gasteiger partial charge in [-0.25, -0.2) is 14.8 Å². The van der Waals surface area contributed by atoms with Crippen LogP contribution in [-0.4, -0.2) is 76.0 Å². The topological polar surface area (TPSA) is 200 Å². The number of benzene rings is 1. The van der Waals surface area contributed by atoms with Gasteiger partial charge in [0.1, 0.15) is 22.9 Å². The average molecular weight is 513 g/mol. The van der Waals surface area contributed by atoms with Gasteiger partial charge in [-0.15, -0.1) is 11.8 Å². The highest BCUT2D eigenvalue weighted by atomic mass is 32.2. The number of nitrogens with two attached hydrogens (primary N) is 1. The van der Waals surface area contributed by atoms with Crippen molar-refractivity contribution in [3.63, 3.8) is 0 Å². The molecule has 13 nitrogen and oxygen atoms in total. The number of aromatic nitrogens is 4. The summed E-state index contributed by atoms with van der Waals surface area (Å²) in [6, 6.07) is 7.27. The Labute approximate surface area is 204 Å². The highest BCUT2D eigenvalue weighted by Gasteiger charge is 2.54. The molecule has 2 aliphatic rings. The van der Waals surface area contributed by atoms with E-state index in [1.165, 1.54) is 18.0 Å². The molecule has 0 spiro atoms. The molecule has 6 N–H and O–H groups in total. The van der Waals surface area contributed by atoms with Gasteiger partial charge in [-0.2, -0.15) is 5.10 Å². The summed E-state index contributed by atoms with van der Waals surface area (Å²) in [4.78, 5) is 47.7. The summed E-state index contributed by atoms with van der Waals surface area (Å²) < 4.78 is 0. The van der Waals surface area contributed by atoms with Gasteiger partial charge in [0, 0.05) is 16.2 Å². The second-order valence-corrected chi connectivity index (χ2v) is 9.55. The van der Waals surface area contributed by atoms with E-state index in [2.05, 4.69) is 30.6 Å². The number of aliphatic carboxylic acids is 1. The first-order valence-corrected chi connectivity index (χ1v) is 11.9. The van der Waals surface area contributed by atoms with Crippen LogP contribution in [0.5, 0.6) is 0 Å². The van der Waals surface area contributed by atoms with E-state index in [1.807, 2.05) is 0 Å². The second kappa shape index (κ2) is 8.92. The van der Waals surface area contributed by atoms with Gasteiger partial charge < -0.3 is 21.4 Å². The van der Waals surface area contributed by atoms with Crippen molar-refractivity contribution in [2.45, 2.75) is 16.6 Å². The fraction of sp³-hybridized carbons (Fsp3) is 0.150. The molecule has 0 saturated carbocycles. The Morgan fingerprint density at radius 1 is 1.29 bits per heavy atom. The number of fused-ring (bicyclic) bond motifs is 2. The van der Waals surface area contributed by atoms with Crippen LogP contribution in [0.2, 0.25) is 0 Å². The Morgan fingerprint density at radius 2 is 2.06 bits per heavy atom. The molecule has 2 amide bonds. The molecule has 1 unspecified atom stereocenters. The van der Waals surface area contributed by atoms with Gasteiger partial charge in [-0.1, -0.05) is 47.2 Å². The van der Waals surface area contributed by atoms with E-state index in [0.717, 1.165) is 16.7 Å². The third kappa shape index (κ3) is 3.93. The molecule has 1 aromatic carbocycles. The molecule has 0 bridgehead atoms. The number of H-pyrrole nitrogens is 1. The number of amides is 2. The van der Waals surface area contributed by atoms with E-state index >= 15 is 0 Å². The third-order valence-corrected chi connectivity index (χ3v) is 7.73. The molecular formula is C20H16N8O5S2. The number of oxime groups is 1. The van der Waals surface area contributed by atoms with Crippen LogP contribution in [0.15, 0.2) is 57.4 Å². The lowest BCUT2D eigenvalue weighted by Gasteiger charge is -2.49. The number of nitrogens with zero attached hydrogens (tertiary/aromatic N) is 5. The van der Waals surface area contributed by atoms with Crippen LogP contribution in [0.1, 0.15) is 5.56 Å². The summed E-state index contributed by atoms with van der Waals surface area (Å²) in [5.74, 6) is -2.23. The van der Waals surface area contributed by atoms with Crippen LogP contribution in [0, 0.1) is 0 Å². The Bertz CT molecular complexity index is 1420. The number of nitrogens with one attached hydrogen (secondary N) is 2. The van der Waals surface area contributed by atoms with E-state index in [1.54, 1.807) is 30.3 Å². The monoisotopic (exact) mass is 512 g/mol. The van der Waals surface area contributed by atoms with Crippen molar-refractivity contribution in [3.8, 4) is 0 Å². The normalized spacial score (nSPS) is 19.9. The highest BCUT2D eigenvalue weighted by Crippen LogP contribution is 2.44. The maximum absolute atomic E-state index is 12.9. The molecule has 178 valence electrons. The maximum Gasteiger partial charge on any atom is 0.353 e. The Hall–Kier alpha value is -4.11. The first kappa shape index (κ1) is 22.7. The molecule has 2 aliphatic heterocycles. The van der Waals surface area contributed by atoms with Crippen molar-refractivity contribution in [2.75, 3.05) is 11.5 Å². The lowest BCUT2D eigenvalue weighted by Crippen LogP contribution is -2.71. The number of hydrogen-bond donors (Lipinski definition) is 5. The molecule has 1 fully saturated rings. The summed E-state index contributed by atoms with van der Waals surface area (Å²) in [5, 5.41) is 31.5. The SMILES string of the molecule is Nc1nc(SC2=C(C(=O)O)N3C(=O)C(NC(=O)/C(=N\O)c4ccccc4)[C@H]3SC2)nc2[nH]ncc12. The lowest BCUT2D eigenvalue weighted by molar-refractivity contribution is -0.150. The molecule has 0 aliphatic carbocycles. The zero-order valence-electron chi connectivity index (χ0n) is 17.6. The van der Waals surface area contributed by atoms with E-state index in [4.69, 9.17) is 5.73 Å². The van der Waals surface area contributed by atoms with Crippen molar-refractivity contribution < 1.29 is 24.7 Å². The lowest BCUT2D eigenvalue weighted by atomic mass is 10.0. The number of nitrogen functional groups attached to an aromatic ring is 1. The summed E-state index contributed by atoms with van der Waals surface area (Å²) in [6.07, 6.45) is 1.49.